The van der Waals surface area contributed by atoms with Gasteiger partial charge in [-0.1, -0.05) is 12.1 Å². The molecule has 2 aliphatic rings. The molecule has 2 aliphatic heterocycles. The molecule has 0 spiro atoms. The molecule has 2 heterocycles. The highest BCUT2D eigenvalue weighted by molar-refractivity contribution is 5.64. The second-order valence-electron chi connectivity index (χ2n) is 5.83. The first-order valence-corrected chi connectivity index (χ1v) is 7.43. The number of para-hydroxylation sites is 1. The molecule has 1 aromatic rings. The van der Waals surface area contributed by atoms with Crippen molar-refractivity contribution in [3.05, 3.63) is 23.8 Å². The minimum atomic E-state index is 0.251. The summed E-state index contributed by atoms with van der Waals surface area (Å²) in [6, 6.07) is 7.01. The van der Waals surface area contributed by atoms with Crippen LogP contribution in [-0.2, 0) is 9.53 Å². The van der Waals surface area contributed by atoms with Crippen molar-refractivity contribution in [1.29, 1.82) is 0 Å². The van der Waals surface area contributed by atoms with E-state index in [-0.39, 0.29) is 6.79 Å². The number of hydrogen-bond acceptors (Lipinski definition) is 4. The number of aryl methyl sites for hydroxylation is 1. The second kappa shape index (κ2) is 5.93. The third kappa shape index (κ3) is 2.58. The molecule has 2 unspecified atom stereocenters. The molecule has 2 bridgehead atoms. The number of fused-ring (bicyclic) bond motifs is 2. The van der Waals surface area contributed by atoms with Gasteiger partial charge < -0.3 is 19.3 Å². The summed E-state index contributed by atoms with van der Waals surface area (Å²) in [5, 5.41) is 0. The molecule has 1 amide bonds. The highest BCUT2D eigenvalue weighted by atomic mass is 16.7. The number of benzene rings is 1. The summed E-state index contributed by atoms with van der Waals surface area (Å²) in [4.78, 5) is 15.4. The number of anilines is 1. The third-order valence-corrected chi connectivity index (χ3v) is 4.45. The van der Waals surface area contributed by atoms with Crippen LogP contribution in [-0.4, -0.2) is 50.4 Å². The minimum Gasteiger partial charge on any atom is -0.465 e. The topological polar surface area (TPSA) is 42.0 Å². The molecular weight excluding hydrogens is 268 g/mol. The maximum atomic E-state index is 11.1. The summed E-state index contributed by atoms with van der Waals surface area (Å²) in [6.07, 6.45) is 3.24. The zero-order valence-corrected chi connectivity index (χ0v) is 12.6. The lowest BCUT2D eigenvalue weighted by atomic mass is 10.1. The van der Waals surface area contributed by atoms with E-state index in [0.717, 1.165) is 49.3 Å². The van der Waals surface area contributed by atoms with Gasteiger partial charge in [-0.25, -0.2) is 0 Å². The van der Waals surface area contributed by atoms with Gasteiger partial charge in [-0.15, -0.1) is 0 Å². The number of piperazine rings is 1. The van der Waals surface area contributed by atoms with Crippen LogP contribution in [0.25, 0.3) is 0 Å². The fourth-order valence-electron chi connectivity index (χ4n) is 3.56. The van der Waals surface area contributed by atoms with Gasteiger partial charge in [-0.2, -0.15) is 0 Å². The predicted molar refractivity (Wildman–Crippen MR) is 80.6 cm³/mol. The van der Waals surface area contributed by atoms with E-state index >= 15 is 0 Å². The normalized spacial score (nSPS) is 24.3. The maximum absolute atomic E-state index is 11.1. The quantitative estimate of drug-likeness (QED) is 0.612. The average Bonchev–Trinajstić information content (AvgIpc) is 2.75. The standard InChI is InChI=1S/C16H22N2O3/c1-12-4-3-5-15(16(12)21-11-20-2)18-13-6-7-14(18)9-17(8-13)10-19/h3-5,10,13-14H,6-9,11H2,1-2H3. The van der Waals surface area contributed by atoms with Crippen LogP contribution in [0, 0.1) is 6.92 Å². The number of amides is 1. The number of likely N-dealkylation sites (tertiary alicyclic amines) is 1. The Morgan fingerprint density at radius 2 is 2.00 bits per heavy atom. The first kappa shape index (κ1) is 14.2. The van der Waals surface area contributed by atoms with Crippen molar-refractivity contribution in [2.75, 3.05) is 31.9 Å². The second-order valence-corrected chi connectivity index (χ2v) is 5.83. The molecule has 0 aliphatic carbocycles. The fourth-order valence-corrected chi connectivity index (χ4v) is 3.56. The number of methoxy groups -OCH3 is 1. The number of ether oxygens (including phenoxy) is 2. The van der Waals surface area contributed by atoms with Crippen LogP contribution < -0.4 is 9.64 Å². The number of hydrogen-bond donors (Lipinski definition) is 0. The van der Waals surface area contributed by atoms with E-state index in [1.54, 1.807) is 7.11 Å². The van der Waals surface area contributed by atoms with E-state index in [1.807, 2.05) is 4.90 Å². The van der Waals surface area contributed by atoms with E-state index in [1.165, 1.54) is 0 Å². The molecule has 1 aromatic carbocycles. The maximum Gasteiger partial charge on any atom is 0.209 e. The van der Waals surface area contributed by atoms with Gasteiger partial charge in [0.05, 0.1) is 5.69 Å². The Bertz CT molecular complexity index is 506. The summed E-state index contributed by atoms with van der Waals surface area (Å²) in [6.45, 7) is 3.91. The van der Waals surface area contributed by atoms with Crippen molar-refractivity contribution in [3.8, 4) is 5.75 Å². The molecule has 0 aromatic heterocycles. The number of carbonyl (C=O) groups excluding carboxylic acids is 1. The molecule has 0 saturated carbocycles. The van der Waals surface area contributed by atoms with Crippen molar-refractivity contribution < 1.29 is 14.3 Å². The molecule has 5 heteroatoms. The predicted octanol–water partition coefficient (Wildman–Crippen LogP) is 1.79. The van der Waals surface area contributed by atoms with E-state index < -0.39 is 0 Å². The van der Waals surface area contributed by atoms with Crippen LogP contribution >= 0.6 is 0 Å². The zero-order chi connectivity index (χ0) is 14.8. The first-order valence-electron chi connectivity index (χ1n) is 7.43. The smallest absolute Gasteiger partial charge is 0.209 e. The minimum absolute atomic E-state index is 0.251. The summed E-state index contributed by atoms with van der Waals surface area (Å²) in [5.41, 5.74) is 2.24. The van der Waals surface area contributed by atoms with Gasteiger partial charge in [-0.3, -0.25) is 4.79 Å². The summed E-state index contributed by atoms with van der Waals surface area (Å²) < 4.78 is 10.9. The van der Waals surface area contributed by atoms with E-state index in [0.29, 0.717) is 12.1 Å². The molecule has 21 heavy (non-hydrogen) atoms. The lowest BCUT2D eigenvalue weighted by Gasteiger charge is -2.41. The number of rotatable bonds is 5. The van der Waals surface area contributed by atoms with E-state index in [4.69, 9.17) is 9.47 Å². The number of nitrogens with zero attached hydrogens (tertiary/aromatic N) is 2. The summed E-state index contributed by atoms with van der Waals surface area (Å²) >= 11 is 0. The Morgan fingerprint density at radius 3 is 2.62 bits per heavy atom. The number of carbonyl (C=O) groups is 1. The Kier molecular flexibility index (Phi) is 4.01. The van der Waals surface area contributed by atoms with Crippen molar-refractivity contribution in [2.45, 2.75) is 31.8 Å². The Labute approximate surface area is 125 Å². The van der Waals surface area contributed by atoms with Crippen LogP contribution in [0.3, 0.4) is 0 Å². The van der Waals surface area contributed by atoms with Crippen molar-refractivity contribution in [1.82, 2.24) is 4.90 Å². The molecule has 2 fully saturated rings. The van der Waals surface area contributed by atoms with Gasteiger partial charge in [0.15, 0.2) is 6.79 Å². The van der Waals surface area contributed by atoms with Crippen molar-refractivity contribution in [3.63, 3.8) is 0 Å². The van der Waals surface area contributed by atoms with Gasteiger partial charge in [-0.05, 0) is 31.4 Å². The lowest BCUT2D eigenvalue weighted by Crippen LogP contribution is -2.53. The molecule has 114 valence electrons. The van der Waals surface area contributed by atoms with Crippen LogP contribution in [0.15, 0.2) is 18.2 Å². The Balaban J connectivity index is 1.90. The highest BCUT2D eigenvalue weighted by Crippen LogP contribution is 2.40. The molecule has 0 N–H and O–H groups in total. The molecule has 3 rings (SSSR count). The first-order chi connectivity index (χ1) is 10.2. The zero-order valence-electron chi connectivity index (χ0n) is 12.6. The van der Waals surface area contributed by atoms with Gasteiger partial charge in [0.2, 0.25) is 6.41 Å². The van der Waals surface area contributed by atoms with Crippen molar-refractivity contribution in [2.24, 2.45) is 0 Å². The Hall–Kier alpha value is -1.75. The van der Waals surface area contributed by atoms with Crippen LogP contribution in [0.1, 0.15) is 18.4 Å². The summed E-state index contributed by atoms with van der Waals surface area (Å²) in [7, 11) is 1.63. The largest absolute Gasteiger partial charge is 0.465 e. The summed E-state index contributed by atoms with van der Waals surface area (Å²) in [5.74, 6) is 0.899. The molecule has 2 atom stereocenters. The molecular formula is C16H22N2O3. The van der Waals surface area contributed by atoms with E-state index in [9.17, 15) is 4.79 Å². The van der Waals surface area contributed by atoms with Gasteiger partial charge in [0.25, 0.3) is 0 Å². The van der Waals surface area contributed by atoms with Crippen LogP contribution in [0.4, 0.5) is 5.69 Å². The lowest BCUT2D eigenvalue weighted by molar-refractivity contribution is -0.119. The SMILES string of the molecule is COCOc1c(C)cccc1N1C2CCC1CN(C=O)C2. The van der Waals surface area contributed by atoms with Gasteiger partial charge in [0.1, 0.15) is 5.75 Å². The molecule has 2 saturated heterocycles. The average molecular weight is 290 g/mol. The highest BCUT2D eigenvalue weighted by Gasteiger charge is 2.40. The van der Waals surface area contributed by atoms with Crippen LogP contribution in [0.5, 0.6) is 5.75 Å². The molecule has 5 nitrogen and oxygen atoms in total. The van der Waals surface area contributed by atoms with E-state index in [2.05, 4.69) is 30.0 Å². The Morgan fingerprint density at radius 1 is 1.29 bits per heavy atom. The third-order valence-electron chi connectivity index (χ3n) is 4.45. The fraction of sp³-hybridized carbons (Fsp3) is 0.562. The molecule has 0 radical (unpaired) electrons. The van der Waals surface area contributed by atoms with Crippen LogP contribution in [0.2, 0.25) is 0 Å². The van der Waals surface area contributed by atoms with Gasteiger partial charge >= 0.3 is 0 Å². The van der Waals surface area contributed by atoms with Crippen molar-refractivity contribution >= 4 is 12.1 Å². The monoisotopic (exact) mass is 290 g/mol. The van der Waals surface area contributed by atoms with Gasteiger partial charge in [0, 0.05) is 32.3 Å².